The van der Waals surface area contributed by atoms with Crippen LogP contribution in [0.15, 0.2) is 0 Å². The van der Waals surface area contributed by atoms with Gasteiger partial charge in [-0.2, -0.15) is 8.42 Å². The first kappa shape index (κ1) is 22.6. The molecule has 0 rings (SSSR count). The van der Waals surface area contributed by atoms with E-state index in [2.05, 4.69) is 0 Å². The molecular formula is C2H7CaCl2NO3S. The van der Waals surface area contributed by atoms with E-state index in [0.717, 1.165) is 0 Å². The molecule has 0 heterocycles. The zero-order chi connectivity index (χ0) is 5.91. The van der Waals surface area contributed by atoms with Crippen LogP contribution in [0.2, 0.25) is 0 Å². The van der Waals surface area contributed by atoms with E-state index in [4.69, 9.17) is 10.3 Å². The summed E-state index contributed by atoms with van der Waals surface area (Å²) in [5.41, 5.74) is 4.78. The number of hydrogen-bond acceptors (Lipinski definition) is 3. The fourth-order valence-electron chi connectivity index (χ4n) is 0.149. The molecule has 60 valence electrons. The second kappa shape index (κ2) is 10.7. The van der Waals surface area contributed by atoms with Crippen LogP contribution in [-0.2, 0) is 10.1 Å². The first-order valence-corrected chi connectivity index (χ1v) is 3.32. The third kappa shape index (κ3) is 22.6. The fourth-order valence-corrected chi connectivity index (χ4v) is 0.447. The Morgan fingerprint density at radius 1 is 1.30 bits per heavy atom. The van der Waals surface area contributed by atoms with Gasteiger partial charge >= 0.3 is 37.7 Å². The number of hydrogen-bond donors (Lipinski definition) is 2. The number of nitrogens with two attached hydrogens (primary N) is 1. The van der Waals surface area contributed by atoms with Crippen molar-refractivity contribution in [1.82, 2.24) is 0 Å². The summed E-state index contributed by atoms with van der Waals surface area (Å²) in [6, 6.07) is 0. The second-order valence-corrected chi connectivity index (χ2v) is 2.65. The monoisotopic (exact) mass is 235 g/mol. The molecule has 0 aliphatic heterocycles. The van der Waals surface area contributed by atoms with E-state index in [1.54, 1.807) is 0 Å². The Bertz CT molecular complexity index is 137. The topological polar surface area (TPSA) is 80.4 Å². The summed E-state index contributed by atoms with van der Waals surface area (Å²) in [7, 11) is -3.80. The van der Waals surface area contributed by atoms with Crippen LogP contribution in [0.1, 0.15) is 0 Å². The molecule has 0 spiro atoms. The van der Waals surface area contributed by atoms with E-state index in [-0.39, 0.29) is 74.8 Å². The van der Waals surface area contributed by atoms with Crippen LogP contribution < -0.4 is 30.5 Å². The molecule has 0 radical (unpaired) electrons. The van der Waals surface area contributed by atoms with Gasteiger partial charge in [0.15, 0.2) is 0 Å². The van der Waals surface area contributed by atoms with Gasteiger partial charge in [0.25, 0.3) is 10.1 Å². The van der Waals surface area contributed by atoms with Gasteiger partial charge in [0.1, 0.15) is 0 Å². The minimum atomic E-state index is -3.80. The van der Waals surface area contributed by atoms with Crippen LogP contribution in [0.3, 0.4) is 0 Å². The zero-order valence-corrected chi connectivity index (χ0v) is 9.66. The summed E-state index contributed by atoms with van der Waals surface area (Å²) in [5, 5.41) is 0. The van der Waals surface area contributed by atoms with E-state index >= 15 is 0 Å². The van der Waals surface area contributed by atoms with Crippen molar-refractivity contribution in [1.29, 1.82) is 0 Å². The zero-order valence-electron chi connectivity index (χ0n) is 5.13. The molecule has 0 saturated heterocycles. The van der Waals surface area contributed by atoms with Crippen molar-refractivity contribution in [3.63, 3.8) is 0 Å². The minimum Gasteiger partial charge on any atom is -1.00 e. The number of rotatable bonds is 2. The van der Waals surface area contributed by atoms with Crippen LogP contribution in [0, 0.1) is 0 Å². The molecule has 0 aliphatic carbocycles. The molecular weight excluding hydrogens is 229 g/mol. The molecule has 0 aromatic heterocycles. The van der Waals surface area contributed by atoms with E-state index in [1.807, 2.05) is 0 Å². The average Bonchev–Trinajstić information content (AvgIpc) is 1.30. The van der Waals surface area contributed by atoms with Crippen molar-refractivity contribution in [2.45, 2.75) is 0 Å². The summed E-state index contributed by atoms with van der Waals surface area (Å²) in [4.78, 5) is 0. The van der Waals surface area contributed by atoms with Crippen molar-refractivity contribution in [3.8, 4) is 0 Å². The maximum Gasteiger partial charge on any atom is 2.00 e. The van der Waals surface area contributed by atoms with Gasteiger partial charge in [-0.25, -0.2) is 0 Å². The van der Waals surface area contributed by atoms with Crippen LogP contribution in [-0.4, -0.2) is 63.0 Å². The average molecular weight is 236 g/mol. The third-order valence-electron chi connectivity index (χ3n) is 0.376. The quantitative estimate of drug-likeness (QED) is 0.368. The molecule has 0 atom stereocenters. The molecule has 4 nitrogen and oxygen atoms in total. The van der Waals surface area contributed by atoms with E-state index in [0.29, 0.717) is 0 Å². The third-order valence-corrected chi connectivity index (χ3v) is 1.13. The second-order valence-electron chi connectivity index (χ2n) is 1.07. The smallest absolute Gasteiger partial charge is 1.00 e. The van der Waals surface area contributed by atoms with Crippen LogP contribution in [0.5, 0.6) is 0 Å². The predicted octanol–water partition coefficient (Wildman–Crippen LogP) is -7.54. The van der Waals surface area contributed by atoms with Crippen molar-refractivity contribution < 1.29 is 37.8 Å². The van der Waals surface area contributed by atoms with Gasteiger partial charge < -0.3 is 30.5 Å². The van der Waals surface area contributed by atoms with Crippen molar-refractivity contribution >= 4 is 47.9 Å². The largest absolute Gasteiger partial charge is 2.00 e. The first-order valence-electron chi connectivity index (χ1n) is 1.71. The van der Waals surface area contributed by atoms with Gasteiger partial charge in [-0.1, -0.05) is 0 Å². The van der Waals surface area contributed by atoms with Gasteiger partial charge in [-0.15, -0.1) is 0 Å². The molecule has 3 N–H and O–H groups in total. The number of halogens is 2. The molecule has 0 saturated carbocycles. The van der Waals surface area contributed by atoms with E-state index in [9.17, 15) is 8.42 Å². The Kier molecular flexibility index (Phi) is 24.2. The molecule has 0 fully saturated rings. The first-order chi connectivity index (χ1) is 3.06. The summed E-state index contributed by atoms with van der Waals surface area (Å²) in [5.74, 6) is -0.354. The molecule has 0 aliphatic rings. The molecule has 0 unspecified atom stereocenters. The predicted molar refractivity (Wildman–Crippen MR) is 31.2 cm³/mol. The van der Waals surface area contributed by atoms with E-state index < -0.39 is 10.1 Å². The Morgan fingerprint density at radius 2 is 1.60 bits per heavy atom. The van der Waals surface area contributed by atoms with Crippen molar-refractivity contribution in [3.05, 3.63) is 0 Å². The normalized spacial score (nSPS) is 8.20. The van der Waals surface area contributed by atoms with Crippen molar-refractivity contribution in [2.24, 2.45) is 5.73 Å². The minimum absolute atomic E-state index is 0. The Hall–Kier alpha value is 1.71. The van der Waals surface area contributed by atoms with E-state index in [1.165, 1.54) is 0 Å². The maximum absolute atomic E-state index is 9.71. The molecule has 0 aromatic carbocycles. The SMILES string of the molecule is NCCS(=O)(=O)O.[Ca+2].[Cl-].[Cl-]. The summed E-state index contributed by atoms with van der Waals surface area (Å²) >= 11 is 0. The summed E-state index contributed by atoms with van der Waals surface area (Å²) in [6.45, 7) is -0.0289. The van der Waals surface area contributed by atoms with Crippen LogP contribution in [0.4, 0.5) is 0 Å². The van der Waals surface area contributed by atoms with Gasteiger partial charge in [-0.3, -0.25) is 4.55 Å². The van der Waals surface area contributed by atoms with Gasteiger partial charge in [-0.05, 0) is 0 Å². The molecule has 10 heavy (non-hydrogen) atoms. The van der Waals surface area contributed by atoms with Gasteiger partial charge in [0, 0.05) is 6.54 Å². The molecule has 0 amide bonds. The van der Waals surface area contributed by atoms with Crippen LogP contribution in [0.25, 0.3) is 0 Å². The fraction of sp³-hybridized carbons (Fsp3) is 1.00. The molecule has 0 aromatic rings. The Labute approximate surface area is 102 Å². The Morgan fingerprint density at radius 3 is 1.60 bits per heavy atom. The standard InChI is InChI=1S/C2H7NO3S.Ca.2ClH/c3-1-2-7(4,5)6;;;/h1-3H2,(H,4,5,6);;2*1H/q;+2;;/p-2. The Balaban J connectivity index is -0.0000000600. The van der Waals surface area contributed by atoms with Gasteiger partial charge in [0.05, 0.1) is 5.75 Å². The maximum atomic E-state index is 9.71. The summed E-state index contributed by atoms with van der Waals surface area (Å²) < 4.78 is 27.3. The van der Waals surface area contributed by atoms with Gasteiger partial charge in [0.2, 0.25) is 0 Å². The molecule has 8 heteroatoms. The van der Waals surface area contributed by atoms with Crippen molar-refractivity contribution in [2.75, 3.05) is 12.3 Å². The summed E-state index contributed by atoms with van der Waals surface area (Å²) in [6.07, 6.45) is 0. The molecule has 0 bridgehead atoms. The van der Waals surface area contributed by atoms with Crippen LogP contribution >= 0.6 is 0 Å².